The van der Waals surface area contributed by atoms with E-state index in [1.54, 1.807) is 7.11 Å². The smallest absolute Gasteiger partial charge is 0.309 e. The van der Waals surface area contributed by atoms with Crippen LogP contribution < -0.4 is 0 Å². The predicted octanol–water partition coefficient (Wildman–Crippen LogP) is 2.29. The third kappa shape index (κ3) is 2.51. The summed E-state index contributed by atoms with van der Waals surface area (Å²) < 4.78 is 10.9. The lowest BCUT2D eigenvalue weighted by Crippen LogP contribution is -2.38. The second-order valence-electron chi connectivity index (χ2n) is 4.66. The van der Waals surface area contributed by atoms with Crippen molar-refractivity contribution in [3.05, 3.63) is 0 Å². The third-order valence-corrected chi connectivity index (χ3v) is 3.65. The van der Waals surface area contributed by atoms with Gasteiger partial charge in [0, 0.05) is 7.11 Å². The number of hydrogen-bond donors (Lipinski definition) is 0. The first kappa shape index (κ1) is 10.9. The van der Waals surface area contributed by atoms with E-state index in [2.05, 4.69) is 0 Å². The molecule has 0 aromatic rings. The van der Waals surface area contributed by atoms with E-state index in [0.717, 1.165) is 32.1 Å². The van der Waals surface area contributed by atoms with Crippen LogP contribution in [0.4, 0.5) is 0 Å². The lowest BCUT2D eigenvalue weighted by molar-refractivity contribution is -0.167. The van der Waals surface area contributed by atoms with Gasteiger partial charge in [0.25, 0.3) is 0 Å². The molecule has 2 atom stereocenters. The van der Waals surface area contributed by atoms with Crippen molar-refractivity contribution in [3.8, 4) is 0 Å². The Morgan fingerprint density at radius 2 is 1.67 bits per heavy atom. The summed E-state index contributed by atoms with van der Waals surface area (Å²) >= 11 is 0. The second-order valence-corrected chi connectivity index (χ2v) is 4.66. The number of methoxy groups -OCH3 is 1. The van der Waals surface area contributed by atoms with Gasteiger partial charge in [0.2, 0.25) is 0 Å². The molecule has 0 aromatic carbocycles. The van der Waals surface area contributed by atoms with E-state index >= 15 is 0 Å². The first-order valence-electron chi connectivity index (χ1n) is 6.04. The molecule has 0 amide bonds. The van der Waals surface area contributed by atoms with E-state index in [0.29, 0.717) is 0 Å². The Kier molecular flexibility index (Phi) is 3.62. The zero-order valence-electron chi connectivity index (χ0n) is 9.41. The minimum atomic E-state index is 0.00944. The van der Waals surface area contributed by atoms with Crippen molar-refractivity contribution in [1.82, 2.24) is 0 Å². The molecule has 0 bridgehead atoms. The van der Waals surface area contributed by atoms with Crippen molar-refractivity contribution < 1.29 is 14.3 Å². The van der Waals surface area contributed by atoms with Crippen LogP contribution in [-0.4, -0.2) is 25.3 Å². The highest BCUT2D eigenvalue weighted by Gasteiger charge is 2.33. The van der Waals surface area contributed by atoms with Crippen LogP contribution >= 0.6 is 0 Å². The Bertz CT molecular complexity index is 223. The summed E-state index contributed by atoms with van der Waals surface area (Å²) in [6, 6.07) is 0. The average molecular weight is 212 g/mol. The molecule has 2 aliphatic rings. The van der Waals surface area contributed by atoms with Crippen LogP contribution in [0.15, 0.2) is 0 Å². The van der Waals surface area contributed by atoms with Crippen LogP contribution in [0.3, 0.4) is 0 Å². The largest absolute Gasteiger partial charge is 0.459 e. The Hall–Kier alpha value is -0.570. The maximum absolute atomic E-state index is 11.7. The molecule has 2 unspecified atom stereocenters. The van der Waals surface area contributed by atoms with Crippen LogP contribution in [0.5, 0.6) is 0 Å². The number of ether oxygens (including phenoxy) is 2. The van der Waals surface area contributed by atoms with Crippen molar-refractivity contribution in [2.24, 2.45) is 5.92 Å². The van der Waals surface area contributed by atoms with Crippen molar-refractivity contribution in [2.75, 3.05) is 7.11 Å². The standard InChI is InChI=1S/C12H20O3/c1-14-10-7-2-3-8-11(10)15-12(13)9-5-4-6-9/h9-11H,2-8H2,1H3. The molecular weight excluding hydrogens is 192 g/mol. The lowest BCUT2D eigenvalue weighted by Gasteiger charge is -2.32. The van der Waals surface area contributed by atoms with Gasteiger partial charge in [-0.2, -0.15) is 0 Å². The maximum Gasteiger partial charge on any atom is 0.309 e. The van der Waals surface area contributed by atoms with E-state index in [1.165, 1.54) is 12.8 Å². The Balaban J connectivity index is 1.82. The third-order valence-electron chi connectivity index (χ3n) is 3.65. The summed E-state index contributed by atoms with van der Waals surface area (Å²) in [6.07, 6.45) is 7.69. The number of rotatable bonds is 3. The van der Waals surface area contributed by atoms with E-state index in [-0.39, 0.29) is 24.1 Å². The van der Waals surface area contributed by atoms with Gasteiger partial charge in [-0.05, 0) is 32.1 Å². The van der Waals surface area contributed by atoms with Crippen molar-refractivity contribution in [2.45, 2.75) is 57.2 Å². The van der Waals surface area contributed by atoms with Gasteiger partial charge in [-0.3, -0.25) is 4.79 Å². The van der Waals surface area contributed by atoms with Crippen LogP contribution in [-0.2, 0) is 14.3 Å². The van der Waals surface area contributed by atoms with Gasteiger partial charge in [-0.25, -0.2) is 0 Å². The lowest BCUT2D eigenvalue weighted by atomic mass is 9.85. The van der Waals surface area contributed by atoms with Crippen LogP contribution in [0.25, 0.3) is 0 Å². The summed E-state index contributed by atoms with van der Waals surface area (Å²) in [7, 11) is 1.71. The normalized spacial score (nSPS) is 32.1. The fourth-order valence-corrected chi connectivity index (χ4v) is 2.36. The maximum atomic E-state index is 11.7. The zero-order valence-corrected chi connectivity index (χ0v) is 9.41. The minimum Gasteiger partial charge on any atom is -0.459 e. The fourth-order valence-electron chi connectivity index (χ4n) is 2.36. The van der Waals surface area contributed by atoms with Gasteiger partial charge in [-0.15, -0.1) is 0 Å². The van der Waals surface area contributed by atoms with E-state index in [1.807, 2.05) is 0 Å². The molecule has 2 fully saturated rings. The second kappa shape index (κ2) is 4.97. The van der Waals surface area contributed by atoms with Gasteiger partial charge in [0.15, 0.2) is 0 Å². The van der Waals surface area contributed by atoms with Crippen molar-refractivity contribution >= 4 is 5.97 Å². The first-order chi connectivity index (χ1) is 7.31. The minimum absolute atomic E-state index is 0.00944. The van der Waals surface area contributed by atoms with Crippen LogP contribution in [0.1, 0.15) is 44.9 Å². The molecule has 0 aliphatic heterocycles. The molecule has 0 N–H and O–H groups in total. The first-order valence-corrected chi connectivity index (χ1v) is 6.04. The van der Waals surface area contributed by atoms with Gasteiger partial charge in [0.1, 0.15) is 6.10 Å². The quantitative estimate of drug-likeness (QED) is 0.673. The molecule has 3 heteroatoms. The van der Waals surface area contributed by atoms with E-state index in [9.17, 15) is 4.79 Å². The molecule has 0 radical (unpaired) electrons. The summed E-state index contributed by atoms with van der Waals surface area (Å²) in [5, 5.41) is 0. The summed E-state index contributed by atoms with van der Waals surface area (Å²) in [5.74, 6) is 0.194. The molecule has 2 aliphatic carbocycles. The molecule has 3 nitrogen and oxygen atoms in total. The summed E-state index contributed by atoms with van der Waals surface area (Å²) in [6.45, 7) is 0. The van der Waals surface area contributed by atoms with Gasteiger partial charge < -0.3 is 9.47 Å². The van der Waals surface area contributed by atoms with Crippen LogP contribution in [0, 0.1) is 5.92 Å². The summed E-state index contributed by atoms with van der Waals surface area (Å²) in [4.78, 5) is 11.7. The van der Waals surface area contributed by atoms with Crippen molar-refractivity contribution in [1.29, 1.82) is 0 Å². The highest BCUT2D eigenvalue weighted by Crippen LogP contribution is 2.30. The monoisotopic (exact) mass is 212 g/mol. The Morgan fingerprint density at radius 3 is 2.20 bits per heavy atom. The molecule has 2 saturated carbocycles. The fraction of sp³-hybridized carbons (Fsp3) is 0.917. The number of esters is 1. The van der Waals surface area contributed by atoms with Gasteiger partial charge >= 0.3 is 5.97 Å². The molecule has 0 heterocycles. The number of hydrogen-bond acceptors (Lipinski definition) is 3. The number of carbonyl (C=O) groups excluding carboxylic acids is 1. The molecule has 0 saturated heterocycles. The average Bonchev–Trinajstić information content (AvgIpc) is 2.15. The Labute approximate surface area is 91.1 Å². The summed E-state index contributed by atoms with van der Waals surface area (Å²) in [5.41, 5.74) is 0. The predicted molar refractivity (Wildman–Crippen MR) is 56.5 cm³/mol. The molecule has 0 spiro atoms. The zero-order chi connectivity index (χ0) is 10.7. The van der Waals surface area contributed by atoms with Crippen molar-refractivity contribution in [3.63, 3.8) is 0 Å². The molecule has 0 aromatic heterocycles. The Morgan fingerprint density at radius 1 is 1.00 bits per heavy atom. The van der Waals surface area contributed by atoms with Gasteiger partial charge in [-0.1, -0.05) is 12.8 Å². The topological polar surface area (TPSA) is 35.5 Å². The van der Waals surface area contributed by atoms with E-state index < -0.39 is 0 Å². The molecular formula is C12H20O3. The molecule has 15 heavy (non-hydrogen) atoms. The van der Waals surface area contributed by atoms with Crippen LogP contribution in [0.2, 0.25) is 0 Å². The molecule has 86 valence electrons. The SMILES string of the molecule is COC1CCCCC1OC(=O)C1CCC1. The van der Waals surface area contributed by atoms with E-state index in [4.69, 9.17) is 9.47 Å². The highest BCUT2D eigenvalue weighted by atomic mass is 16.6. The van der Waals surface area contributed by atoms with Gasteiger partial charge in [0.05, 0.1) is 12.0 Å². The number of carbonyl (C=O) groups is 1. The highest BCUT2D eigenvalue weighted by molar-refractivity contribution is 5.73. The molecule has 2 rings (SSSR count).